The van der Waals surface area contributed by atoms with Crippen LogP contribution in [-0.2, 0) is 14.3 Å². The molecule has 0 aliphatic carbocycles. The molecule has 68 valence electrons. The predicted octanol–water partition coefficient (Wildman–Crippen LogP) is 0.0954. The Kier molecular flexibility index (Phi) is 5.65. The van der Waals surface area contributed by atoms with Gasteiger partial charge in [0.05, 0.1) is 12.4 Å². The van der Waals surface area contributed by atoms with E-state index in [4.69, 9.17) is 5.73 Å². The van der Waals surface area contributed by atoms with Gasteiger partial charge in [0.15, 0.2) is 0 Å². The van der Waals surface area contributed by atoms with Crippen molar-refractivity contribution >= 4 is 40.1 Å². The van der Waals surface area contributed by atoms with Crippen LogP contribution < -0.4 is 5.73 Å². The third-order valence-corrected chi connectivity index (χ3v) is 2.23. The van der Waals surface area contributed by atoms with E-state index in [-0.39, 0.29) is 9.95 Å². The number of thioether (sulfide) groups is 1. The van der Waals surface area contributed by atoms with Crippen molar-refractivity contribution in [3.8, 4) is 0 Å². The molecule has 0 heterocycles. The van der Waals surface area contributed by atoms with E-state index in [2.05, 4.69) is 17.0 Å². The summed E-state index contributed by atoms with van der Waals surface area (Å²) >= 11 is 5.48. The van der Waals surface area contributed by atoms with Gasteiger partial charge < -0.3 is 10.5 Å². The standard InChI is InChI=1S/C6H9NO3S2/c1-2-10-4(8)3-12-6(11)5(7)9/h2-3H2,1H3,(H2,7,9). The second-order valence-corrected chi connectivity index (χ2v) is 3.40. The SMILES string of the molecule is CCOC(=O)CSC(=S)C(N)=O. The van der Waals surface area contributed by atoms with Gasteiger partial charge in [-0.3, -0.25) is 9.59 Å². The number of ether oxygens (including phenoxy) is 1. The first-order chi connectivity index (χ1) is 5.57. The molecule has 0 bridgehead atoms. The van der Waals surface area contributed by atoms with Crippen molar-refractivity contribution in [1.82, 2.24) is 0 Å². The molecule has 0 unspecified atom stereocenters. The molecule has 12 heavy (non-hydrogen) atoms. The van der Waals surface area contributed by atoms with E-state index in [9.17, 15) is 9.59 Å². The number of primary amides is 1. The number of esters is 1. The fourth-order valence-electron chi connectivity index (χ4n) is 0.398. The van der Waals surface area contributed by atoms with E-state index in [0.717, 1.165) is 11.8 Å². The highest BCUT2D eigenvalue weighted by Crippen LogP contribution is 2.03. The zero-order valence-corrected chi connectivity index (χ0v) is 8.17. The van der Waals surface area contributed by atoms with Crippen LogP contribution in [0.2, 0.25) is 0 Å². The van der Waals surface area contributed by atoms with Gasteiger partial charge in [-0.2, -0.15) is 0 Å². The molecule has 0 radical (unpaired) electrons. The fraction of sp³-hybridized carbons (Fsp3) is 0.500. The summed E-state index contributed by atoms with van der Waals surface area (Å²) < 4.78 is 4.60. The quantitative estimate of drug-likeness (QED) is 0.525. The highest BCUT2D eigenvalue weighted by atomic mass is 32.2. The normalized spacial score (nSPS) is 9.08. The molecular weight excluding hydrogens is 198 g/mol. The lowest BCUT2D eigenvalue weighted by molar-refractivity contribution is -0.139. The van der Waals surface area contributed by atoms with Gasteiger partial charge in [-0.05, 0) is 6.92 Å². The molecule has 0 aliphatic rings. The summed E-state index contributed by atoms with van der Waals surface area (Å²) in [6.07, 6.45) is 0. The number of rotatable bonds is 3. The maximum absolute atomic E-state index is 10.7. The fourth-order valence-corrected chi connectivity index (χ4v) is 1.05. The van der Waals surface area contributed by atoms with Crippen molar-refractivity contribution < 1.29 is 14.3 Å². The number of hydrogen-bond acceptors (Lipinski definition) is 5. The van der Waals surface area contributed by atoms with Gasteiger partial charge in [-0.1, -0.05) is 24.0 Å². The molecule has 0 aromatic heterocycles. The Morgan fingerprint density at radius 3 is 2.58 bits per heavy atom. The van der Waals surface area contributed by atoms with Crippen LogP contribution in [0.5, 0.6) is 0 Å². The summed E-state index contributed by atoms with van der Waals surface area (Å²) in [6, 6.07) is 0. The highest BCUT2D eigenvalue weighted by Gasteiger charge is 2.08. The molecular formula is C6H9NO3S2. The summed E-state index contributed by atoms with van der Waals surface area (Å²) in [5, 5.41) is 0. The topological polar surface area (TPSA) is 69.4 Å². The van der Waals surface area contributed by atoms with Crippen molar-refractivity contribution in [2.24, 2.45) is 5.73 Å². The summed E-state index contributed by atoms with van der Waals surface area (Å²) in [5.41, 5.74) is 4.84. The van der Waals surface area contributed by atoms with Gasteiger partial charge in [0, 0.05) is 0 Å². The molecule has 0 saturated heterocycles. The van der Waals surface area contributed by atoms with Crippen LogP contribution in [0.25, 0.3) is 0 Å². The van der Waals surface area contributed by atoms with Gasteiger partial charge in [0.1, 0.15) is 4.20 Å². The Balaban J connectivity index is 3.61. The first-order valence-electron chi connectivity index (χ1n) is 3.20. The molecule has 2 N–H and O–H groups in total. The Morgan fingerprint density at radius 2 is 2.17 bits per heavy atom. The summed E-state index contributed by atoms with van der Waals surface area (Å²) in [4.78, 5) is 21.1. The van der Waals surface area contributed by atoms with E-state index in [1.165, 1.54) is 0 Å². The van der Waals surface area contributed by atoms with E-state index in [1.54, 1.807) is 6.92 Å². The van der Waals surface area contributed by atoms with Gasteiger partial charge in [0.2, 0.25) is 0 Å². The van der Waals surface area contributed by atoms with E-state index < -0.39 is 11.9 Å². The van der Waals surface area contributed by atoms with E-state index >= 15 is 0 Å². The molecule has 0 aliphatic heterocycles. The van der Waals surface area contributed by atoms with E-state index in [0.29, 0.717) is 6.61 Å². The molecule has 4 nitrogen and oxygen atoms in total. The Bertz CT molecular complexity index is 205. The largest absolute Gasteiger partial charge is 0.465 e. The molecule has 0 atom stereocenters. The highest BCUT2D eigenvalue weighted by molar-refractivity contribution is 8.25. The molecule has 0 fully saturated rings. The Morgan fingerprint density at radius 1 is 1.58 bits per heavy atom. The molecule has 1 amide bonds. The minimum Gasteiger partial charge on any atom is -0.465 e. The molecule has 0 spiro atoms. The first-order valence-corrected chi connectivity index (χ1v) is 4.59. The number of hydrogen-bond donors (Lipinski definition) is 1. The number of thiocarbonyl (C=S) groups is 1. The van der Waals surface area contributed by atoms with Crippen molar-refractivity contribution in [2.45, 2.75) is 6.92 Å². The Labute approximate surface area is 79.8 Å². The van der Waals surface area contributed by atoms with Crippen LogP contribution in [0.15, 0.2) is 0 Å². The van der Waals surface area contributed by atoms with Crippen LogP contribution in [0.4, 0.5) is 0 Å². The Hall–Kier alpha value is -0.620. The summed E-state index contributed by atoms with van der Waals surface area (Å²) in [6.45, 7) is 2.03. The van der Waals surface area contributed by atoms with Crippen LogP contribution >= 0.6 is 24.0 Å². The minimum absolute atomic E-state index is 0.00283. The maximum atomic E-state index is 10.7. The van der Waals surface area contributed by atoms with Gasteiger partial charge in [-0.15, -0.1) is 0 Å². The zero-order chi connectivity index (χ0) is 9.56. The van der Waals surface area contributed by atoms with Crippen molar-refractivity contribution in [1.29, 1.82) is 0 Å². The van der Waals surface area contributed by atoms with Gasteiger partial charge >= 0.3 is 5.97 Å². The second-order valence-electron chi connectivity index (χ2n) is 1.75. The molecule has 0 aromatic rings. The minimum atomic E-state index is -0.681. The van der Waals surface area contributed by atoms with Crippen molar-refractivity contribution in [3.63, 3.8) is 0 Å². The summed E-state index contributed by atoms with van der Waals surface area (Å²) in [7, 11) is 0. The molecule has 6 heteroatoms. The lowest BCUT2D eigenvalue weighted by Gasteiger charge is -1.99. The lowest BCUT2D eigenvalue weighted by Crippen LogP contribution is -2.20. The smallest absolute Gasteiger partial charge is 0.316 e. The third kappa shape index (κ3) is 5.09. The molecule has 0 rings (SSSR count). The molecule has 0 saturated carbocycles. The number of carbonyl (C=O) groups excluding carboxylic acids is 2. The molecule has 0 aromatic carbocycles. The van der Waals surface area contributed by atoms with Crippen LogP contribution in [-0.4, -0.2) is 28.4 Å². The first kappa shape index (κ1) is 11.4. The number of amides is 1. The van der Waals surface area contributed by atoms with Crippen molar-refractivity contribution in [2.75, 3.05) is 12.4 Å². The lowest BCUT2D eigenvalue weighted by atomic mass is 10.7. The number of carbonyl (C=O) groups is 2. The van der Waals surface area contributed by atoms with Crippen LogP contribution in [0, 0.1) is 0 Å². The monoisotopic (exact) mass is 207 g/mol. The summed E-state index contributed by atoms with van der Waals surface area (Å²) in [5.74, 6) is -1.04. The number of nitrogens with two attached hydrogens (primary N) is 1. The van der Waals surface area contributed by atoms with Crippen LogP contribution in [0.3, 0.4) is 0 Å². The zero-order valence-electron chi connectivity index (χ0n) is 6.53. The van der Waals surface area contributed by atoms with Crippen LogP contribution in [0.1, 0.15) is 6.92 Å². The average Bonchev–Trinajstić information content (AvgIpc) is 2.00. The van der Waals surface area contributed by atoms with Gasteiger partial charge in [0.25, 0.3) is 5.91 Å². The maximum Gasteiger partial charge on any atom is 0.316 e. The van der Waals surface area contributed by atoms with Gasteiger partial charge in [-0.25, -0.2) is 0 Å². The van der Waals surface area contributed by atoms with Crippen molar-refractivity contribution in [3.05, 3.63) is 0 Å². The van der Waals surface area contributed by atoms with E-state index in [1.807, 2.05) is 0 Å². The average molecular weight is 207 g/mol. The predicted molar refractivity (Wildman–Crippen MR) is 50.9 cm³/mol. The second kappa shape index (κ2) is 5.96. The third-order valence-electron chi connectivity index (χ3n) is 0.828.